The summed E-state index contributed by atoms with van der Waals surface area (Å²) in [6.45, 7) is 4.90. The van der Waals surface area contributed by atoms with Gasteiger partial charge in [-0.25, -0.2) is 4.39 Å². The van der Waals surface area contributed by atoms with Crippen molar-refractivity contribution in [2.75, 3.05) is 6.54 Å². The van der Waals surface area contributed by atoms with Gasteiger partial charge in [-0.3, -0.25) is 4.79 Å². The third kappa shape index (κ3) is 5.45. The van der Waals surface area contributed by atoms with E-state index in [-0.39, 0.29) is 17.7 Å². The summed E-state index contributed by atoms with van der Waals surface area (Å²) in [5, 5.41) is 11.9. The summed E-state index contributed by atoms with van der Waals surface area (Å²) >= 11 is 0. The molecule has 0 saturated heterocycles. The fourth-order valence-electron chi connectivity index (χ4n) is 1.66. The molecule has 94 valence electrons. The molecule has 0 atom stereocenters. The molecule has 0 aliphatic carbocycles. The van der Waals surface area contributed by atoms with Crippen molar-refractivity contribution in [3.05, 3.63) is 35.6 Å². The van der Waals surface area contributed by atoms with Crippen LogP contribution in [0.4, 0.5) is 4.39 Å². The van der Waals surface area contributed by atoms with E-state index < -0.39 is 5.97 Å². The summed E-state index contributed by atoms with van der Waals surface area (Å²) in [7, 11) is 0. The van der Waals surface area contributed by atoms with Crippen LogP contribution in [0.3, 0.4) is 0 Å². The molecule has 0 heterocycles. The Morgan fingerprint density at radius 2 is 2.18 bits per heavy atom. The highest BCUT2D eigenvalue weighted by Crippen LogP contribution is 2.18. The molecular weight excluding hydrogens is 221 g/mol. The van der Waals surface area contributed by atoms with Gasteiger partial charge >= 0.3 is 5.97 Å². The molecule has 17 heavy (non-hydrogen) atoms. The number of rotatable bonds is 6. The maximum absolute atomic E-state index is 12.9. The van der Waals surface area contributed by atoms with Crippen LogP contribution in [0, 0.1) is 11.2 Å². The smallest absolute Gasteiger partial charge is 0.303 e. The first-order chi connectivity index (χ1) is 7.89. The average Bonchev–Trinajstić information content (AvgIpc) is 2.15. The van der Waals surface area contributed by atoms with E-state index >= 15 is 0 Å². The SMILES string of the molecule is CC(C)(CNCc1cccc(F)c1)CC(=O)O. The Kier molecular flexibility index (Phi) is 4.63. The van der Waals surface area contributed by atoms with Gasteiger partial charge < -0.3 is 10.4 Å². The summed E-state index contributed by atoms with van der Waals surface area (Å²) in [6.07, 6.45) is 0.114. The van der Waals surface area contributed by atoms with Gasteiger partial charge in [0, 0.05) is 13.1 Å². The lowest BCUT2D eigenvalue weighted by molar-refractivity contribution is -0.139. The molecule has 1 aromatic rings. The van der Waals surface area contributed by atoms with Gasteiger partial charge in [-0.1, -0.05) is 26.0 Å². The standard InChI is InChI=1S/C13H18FNO2/c1-13(2,7-12(16)17)9-15-8-10-4-3-5-11(14)6-10/h3-6,15H,7-9H2,1-2H3,(H,16,17). The third-order valence-corrected chi connectivity index (χ3v) is 2.45. The van der Waals surface area contributed by atoms with Crippen molar-refractivity contribution in [2.24, 2.45) is 5.41 Å². The number of carboxylic acids is 1. The fraction of sp³-hybridized carbons (Fsp3) is 0.462. The highest BCUT2D eigenvalue weighted by Gasteiger charge is 2.20. The first-order valence-electron chi connectivity index (χ1n) is 5.56. The van der Waals surface area contributed by atoms with Crippen molar-refractivity contribution in [1.82, 2.24) is 5.32 Å². The molecule has 0 saturated carbocycles. The Morgan fingerprint density at radius 3 is 2.76 bits per heavy atom. The quantitative estimate of drug-likeness (QED) is 0.801. The second-order valence-corrected chi connectivity index (χ2v) is 4.97. The van der Waals surface area contributed by atoms with Crippen molar-refractivity contribution in [2.45, 2.75) is 26.8 Å². The van der Waals surface area contributed by atoms with E-state index in [0.29, 0.717) is 13.1 Å². The van der Waals surface area contributed by atoms with Gasteiger partial charge in [0.15, 0.2) is 0 Å². The number of hydrogen-bond acceptors (Lipinski definition) is 2. The molecule has 2 N–H and O–H groups in total. The van der Waals surface area contributed by atoms with Crippen molar-refractivity contribution < 1.29 is 14.3 Å². The second-order valence-electron chi connectivity index (χ2n) is 4.97. The molecule has 0 amide bonds. The summed E-state index contributed by atoms with van der Waals surface area (Å²) in [6, 6.07) is 6.37. The van der Waals surface area contributed by atoms with E-state index in [4.69, 9.17) is 5.11 Å². The van der Waals surface area contributed by atoms with Crippen molar-refractivity contribution in [3.63, 3.8) is 0 Å². The van der Waals surface area contributed by atoms with Crippen LogP contribution in [0.15, 0.2) is 24.3 Å². The molecule has 3 nitrogen and oxygen atoms in total. The number of halogens is 1. The molecule has 0 fully saturated rings. The molecule has 0 aliphatic heterocycles. The van der Waals surface area contributed by atoms with Crippen molar-refractivity contribution >= 4 is 5.97 Å². The van der Waals surface area contributed by atoms with Crippen molar-refractivity contribution in [1.29, 1.82) is 0 Å². The van der Waals surface area contributed by atoms with Gasteiger partial charge in [-0.15, -0.1) is 0 Å². The van der Waals surface area contributed by atoms with E-state index in [9.17, 15) is 9.18 Å². The van der Waals surface area contributed by atoms with Crippen LogP contribution in [0.2, 0.25) is 0 Å². The molecule has 1 rings (SSSR count). The van der Waals surface area contributed by atoms with Gasteiger partial charge in [-0.2, -0.15) is 0 Å². The van der Waals surface area contributed by atoms with Gasteiger partial charge in [0.2, 0.25) is 0 Å². The number of nitrogens with one attached hydrogen (secondary N) is 1. The molecule has 4 heteroatoms. The minimum absolute atomic E-state index is 0.114. The summed E-state index contributed by atoms with van der Waals surface area (Å²) < 4.78 is 12.9. The normalized spacial score (nSPS) is 11.5. The van der Waals surface area contributed by atoms with E-state index in [0.717, 1.165) is 5.56 Å². The van der Waals surface area contributed by atoms with Crippen LogP contribution in [-0.2, 0) is 11.3 Å². The Bertz CT molecular complexity index is 391. The van der Waals surface area contributed by atoms with Crippen LogP contribution < -0.4 is 5.32 Å². The number of carbonyl (C=O) groups is 1. The van der Waals surface area contributed by atoms with Crippen LogP contribution in [0.25, 0.3) is 0 Å². The lowest BCUT2D eigenvalue weighted by atomic mass is 9.89. The number of benzene rings is 1. The Balaban J connectivity index is 2.39. The summed E-state index contributed by atoms with van der Waals surface area (Å²) in [4.78, 5) is 10.6. The predicted octanol–water partition coefficient (Wildman–Crippen LogP) is 2.42. The fourth-order valence-corrected chi connectivity index (χ4v) is 1.66. The molecule has 1 aromatic carbocycles. The monoisotopic (exact) mass is 239 g/mol. The Hall–Kier alpha value is -1.42. The first kappa shape index (κ1) is 13.6. The number of aliphatic carboxylic acids is 1. The zero-order valence-electron chi connectivity index (χ0n) is 10.2. The highest BCUT2D eigenvalue weighted by molar-refractivity contribution is 5.67. The van der Waals surface area contributed by atoms with E-state index in [1.165, 1.54) is 12.1 Å². The van der Waals surface area contributed by atoms with Crippen LogP contribution in [-0.4, -0.2) is 17.6 Å². The maximum Gasteiger partial charge on any atom is 0.303 e. The van der Waals surface area contributed by atoms with Crippen molar-refractivity contribution in [3.8, 4) is 0 Å². The van der Waals surface area contributed by atoms with Gasteiger partial charge in [0.05, 0.1) is 6.42 Å². The third-order valence-electron chi connectivity index (χ3n) is 2.45. The van der Waals surface area contributed by atoms with Crippen LogP contribution in [0.1, 0.15) is 25.8 Å². The van der Waals surface area contributed by atoms with E-state index in [1.807, 2.05) is 19.9 Å². The molecule has 0 aliphatic rings. The van der Waals surface area contributed by atoms with Gasteiger partial charge in [0.1, 0.15) is 5.82 Å². The summed E-state index contributed by atoms with van der Waals surface area (Å²) in [5.74, 6) is -1.06. The minimum atomic E-state index is -0.803. The van der Waals surface area contributed by atoms with E-state index in [1.54, 1.807) is 6.07 Å². The largest absolute Gasteiger partial charge is 0.481 e. The van der Waals surface area contributed by atoms with E-state index in [2.05, 4.69) is 5.32 Å². The van der Waals surface area contributed by atoms with Crippen LogP contribution in [0.5, 0.6) is 0 Å². The number of hydrogen-bond donors (Lipinski definition) is 2. The molecule has 0 spiro atoms. The zero-order chi connectivity index (χ0) is 12.9. The molecular formula is C13H18FNO2. The van der Waals surface area contributed by atoms with Gasteiger partial charge in [0.25, 0.3) is 0 Å². The second kappa shape index (κ2) is 5.77. The molecule has 0 aromatic heterocycles. The van der Waals surface area contributed by atoms with Crippen LogP contribution >= 0.6 is 0 Å². The zero-order valence-corrected chi connectivity index (χ0v) is 10.2. The first-order valence-corrected chi connectivity index (χ1v) is 5.56. The maximum atomic E-state index is 12.9. The minimum Gasteiger partial charge on any atom is -0.481 e. The lowest BCUT2D eigenvalue weighted by Crippen LogP contribution is -2.31. The average molecular weight is 239 g/mol. The molecule has 0 bridgehead atoms. The highest BCUT2D eigenvalue weighted by atomic mass is 19.1. The topological polar surface area (TPSA) is 49.3 Å². The summed E-state index contributed by atoms with van der Waals surface area (Å²) in [5.41, 5.74) is 0.551. The van der Waals surface area contributed by atoms with Gasteiger partial charge in [-0.05, 0) is 23.1 Å². The Morgan fingerprint density at radius 1 is 1.47 bits per heavy atom. The molecule has 0 radical (unpaired) electrons. The number of carboxylic acid groups (broad SMARTS) is 1. The Labute approximate surface area is 101 Å². The lowest BCUT2D eigenvalue weighted by Gasteiger charge is -2.22. The molecule has 0 unspecified atom stereocenters. The predicted molar refractivity (Wildman–Crippen MR) is 64.1 cm³/mol.